The number of thioether (sulfide) groups is 1. The van der Waals surface area contributed by atoms with E-state index in [0.717, 1.165) is 0 Å². The highest BCUT2D eigenvalue weighted by molar-refractivity contribution is 7.98. The van der Waals surface area contributed by atoms with E-state index in [4.69, 9.17) is 15.7 Å². The molecule has 172 valence electrons. The van der Waals surface area contributed by atoms with E-state index in [1.54, 1.807) is 21.1 Å². The van der Waals surface area contributed by atoms with E-state index in [-0.39, 0.29) is 18.4 Å². The van der Waals surface area contributed by atoms with Crippen molar-refractivity contribution < 1.29 is 26.8 Å². The molecular formula is C15H24N8O6S2. The number of aromatic nitrogens is 2. The van der Waals surface area contributed by atoms with Gasteiger partial charge < -0.3 is 20.9 Å². The van der Waals surface area contributed by atoms with Crippen LogP contribution in [0.25, 0.3) is 0 Å². The van der Waals surface area contributed by atoms with Gasteiger partial charge in [0, 0.05) is 44.8 Å². The monoisotopic (exact) mass is 476 g/mol. The lowest BCUT2D eigenvalue weighted by Crippen LogP contribution is -2.44. The zero-order chi connectivity index (χ0) is 23.1. The van der Waals surface area contributed by atoms with Crippen LogP contribution in [0.2, 0.25) is 0 Å². The Hall–Kier alpha value is -2.56. The van der Waals surface area contributed by atoms with Crippen molar-refractivity contribution in [2.75, 3.05) is 32.9 Å². The second-order valence-corrected chi connectivity index (χ2v) is 9.29. The lowest BCUT2D eigenvalue weighted by molar-refractivity contribution is -0.133. The number of aryl methyl sites for hydroxylation is 1. The predicted octanol–water partition coefficient (Wildman–Crippen LogP) is -1.21. The van der Waals surface area contributed by atoms with Crippen molar-refractivity contribution in [3.8, 4) is 0 Å². The van der Waals surface area contributed by atoms with Gasteiger partial charge in [-0.15, -0.1) is 4.28 Å². The Labute approximate surface area is 183 Å². The normalized spacial score (nSPS) is 20.1. The molecule has 1 aromatic heterocycles. The largest absolute Gasteiger partial charge is 0.418 e. The summed E-state index contributed by atoms with van der Waals surface area (Å²) in [6.45, 7) is 0.464. The number of hydrogen-bond donors (Lipinski definition) is 4. The molecule has 1 saturated heterocycles. The molecule has 2 unspecified atom stereocenters. The Balaban J connectivity index is 1.98. The minimum atomic E-state index is -4.96. The van der Waals surface area contributed by atoms with Gasteiger partial charge in [-0.1, -0.05) is 0 Å². The molecule has 2 aliphatic rings. The van der Waals surface area contributed by atoms with E-state index in [2.05, 4.69) is 14.7 Å². The van der Waals surface area contributed by atoms with Crippen molar-refractivity contribution in [2.45, 2.75) is 17.8 Å². The highest BCUT2D eigenvalue weighted by atomic mass is 32.3. The van der Waals surface area contributed by atoms with Crippen molar-refractivity contribution >= 4 is 40.1 Å². The summed E-state index contributed by atoms with van der Waals surface area (Å²) >= 11 is 1.48. The molecule has 5 N–H and O–H groups in total. The van der Waals surface area contributed by atoms with Crippen LogP contribution in [0.1, 0.15) is 29.0 Å². The first-order valence-electron chi connectivity index (χ1n) is 9.11. The average Bonchev–Trinajstić information content (AvgIpc) is 3.11. The molecule has 1 aromatic rings. The van der Waals surface area contributed by atoms with Gasteiger partial charge >= 0.3 is 16.4 Å². The van der Waals surface area contributed by atoms with Crippen LogP contribution in [0, 0.1) is 5.41 Å². The summed E-state index contributed by atoms with van der Waals surface area (Å²) in [6.07, 6.45) is 0. The van der Waals surface area contributed by atoms with E-state index in [9.17, 15) is 18.0 Å². The number of hydroxylamine groups is 2. The standard InChI is InChI=1S/C15H24N8O6S2/c1-20(2)13(24)12-11-10(8(19-21(11)3)7-30-5-4-18-14(16)17)9-6-22(12)15(25)23(9)29-31(26,27)28/h9,12H,4-7H2,1-3H3,(H4,16,17,18)(H,26,27,28). The Bertz CT molecular complexity index is 1010. The molecule has 0 aliphatic carbocycles. The number of carbonyl (C=O) groups is 2. The van der Waals surface area contributed by atoms with Gasteiger partial charge in [0.2, 0.25) is 0 Å². The molecule has 0 saturated carbocycles. The summed E-state index contributed by atoms with van der Waals surface area (Å²) in [5, 5.41) is 14.9. The van der Waals surface area contributed by atoms with Crippen molar-refractivity contribution in [3.05, 3.63) is 17.0 Å². The first kappa shape index (κ1) is 23.1. The molecule has 14 nitrogen and oxygen atoms in total. The number of fused-ring (bicyclic) bond motifs is 4. The molecule has 16 heteroatoms. The van der Waals surface area contributed by atoms with Crippen LogP contribution in [0.5, 0.6) is 0 Å². The molecule has 2 aliphatic heterocycles. The third kappa shape index (κ3) is 4.56. The highest BCUT2D eigenvalue weighted by Crippen LogP contribution is 2.46. The van der Waals surface area contributed by atoms with Crippen LogP contribution in [0.15, 0.2) is 0 Å². The molecule has 0 spiro atoms. The second-order valence-electron chi connectivity index (χ2n) is 7.18. The molecule has 0 radical (unpaired) electrons. The molecule has 3 amide bonds. The molecule has 2 bridgehead atoms. The Kier molecular flexibility index (Phi) is 6.35. The number of likely N-dealkylation sites (N-methyl/N-ethyl adjacent to an activating group) is 1. The summed E-state index contributed by atoms with van der Waals surface area (Å²) in [5.41, 5.74) is 6.79. The number of urea groups is 1. The summed E-state index contributed by atoms with van der Waals surface area (Å²) in [7, 11) is -0.217. The highest BCUT2D eigenvalue weighted by Gasteiger charge is 2.55. The van der Waals surface area contributed by atoms with Gasteiger partial charge in [-0.3, -0.25) is 19.4 Å². The summed E-state index contributed by atoms with van der Waals surface area (Å²) in [4.78, 5) is 28.3. The topological polar surface area (TPSA) is 187 Å². The Morgan fingerprint density at radius 2 is 2.16 bits per heavy atom. The number of nitrogens with zero attached hydrogens (tertiary/aromatic N) is 5. The maximum Gasteiger partial charge on any atom is 0.418 e. The number of nitrogens with one attached hydrogen (secondary N) is 2. The fourth-order valence-electron chi connectivity index (χ4n) is 3.68. The third-order valence-corrected chi connectivity index (χ3v) is 6.17. The van der Waals surface area contributed by atoms with Gasteiger partial charge in [0.25, 0.3) is 5.91 Å². The molecular weight excluding hydrogens is 452 g/mol. The van der Waals surface area contributed by atoms with E-state index in [1.165, 1.54) is 26.2 Å². The number of carbonyl (C=O) groups excluding carboxylic acids is 2. The van der Waals surface area contributed by atoms with Gasteiger partial charge in [-0.05, 0) is 0 Å². The lowest BCUT2D eigenvalue weighted by Gasteiger charge is -2.32. The smallest absolute Gasteiger partial charge is 0.370 e. The first-order valence-corrected chi connectivity index (χ1v) is 11.6. The molecule has 1 fully saturated rings. The van der Waals surface area contributed by atoms with Gasteiger partial charge in [-0.2, -0.15) is 30.3 Å². The van der Waals surface area contributed by atoms with Crippen LogP contribution in [0.3, 0.4) is 0 Å². The summed E-state index contributed by atoms with van der Waals surface area (Å²) in [5.74, 6) is 0.486. The number of amides is 3. The maximum absolute atomic E-state index is 12.9. The fraction of sp³-hybridized carbons (Fsp3) is 0.600. The van der Waals surface area contributed by atoms with Crippen LogP contribution in [0.4, 0.5) is 4.79 Å². The van der Waals surface area contributed by atoms with Gasteiger partial charge in [0.1, 0.15) is 6.04 Å². The molecule has 2 atom stereocenters. The van der Waals surface area contributed by atoms with E-state index < -0.39 is 28.5 Å². The third-order valence-electron chi connectivity index (χ3n) is 4.85. The lowest BCUT2D eigenvalue weighted by atomic mass is 9.95. The van der Waals surface area contributed by atoms with Crippen LogP contribution in [-0.4, -0.2) is 88.4 Å². The van der Waals surface area contributed by atoms with Crippen LogP contribution < -0.4 is 11.1 Å². The van der Waals surface area contributed by atoms with Crippen LogP contribution >= 0.6 is 11.8 Å². The molecule has 3 rings (SSSR count). The quantitative estimate of drug-likeness (QED) is 0.153. The molecule has 0 aromatic carbocycles. The van der Waals surface area contributed by atoms with Crippen molar-refractivity contribution in [1.82, 2.24) is 30.0 Å². The number of guanidine groups is 1. The van der Waals surface area contributed by atoms with E-state index in [1.807, 2.05) is 0 Å². The summed E-state index contributed by atoms with van der Waals surface area (Å²) < 4.78 is 37.9. The number of rotatable bonds is 8. The van der Waals surface area contributed by atoms with Gasteiger partial charge in [0.15, 0.2) is 12.0 Å². The number of nitrogens with two attached hydrogens (primary N) is 1. The van der Waals surface area contributed by atoms with Gasteiger partial charge in [-0.25, -0.2) is 4.79 Å². The molecule has 3 heterocycles. The zero-order valence-electron chi connectivity index (χ0n) is 17.1. The fourth-order valence-corrected chi connectivity index (χ4v) is 4.85. The van der Waals surface area contributed by atoms with E-state index in [0.29, 0.717) is 40.1 Å². The minimum absolute atomic E-state index is 0.000845. The zero-order valence-corrected chi connectivity index (χ0v) is 18.7. The second kappa shape index (κ2) is 8.52. The van der Waals surface area contributed by atoms with Crippen molar-refractivity contribution in [1.29, 1.82) is 5.41 Å². The van der Waals surface area contributed by atoms with Gasteiger partial charge in [0.05, 0.1) is 17.9 Å². The van der Waals surface area contributed by atoms with E-state index >= 15 is 0 Å². The Morgan fingerprint density at radius 3 is 2.74 bits per heavy atom. The van der Waals surface area contributed by atoms with Crippen LogP contribution in [-0.2, 0) is 32.3 Å². The average molecular weight is 477 g/mol. The summed E-state index contributed by atoms with van der Waals surface area (Å²) in [6, 6.07) is -2.72. The maximum atomic E-state index is 12.9. The van der Waals surface area contributed by atoms with Crippen molar-refractivity contribution in [2.24, 2.45) is 12.8 Å². The first-order chi connectivity index (χ1) is 14.4. The minimum Gasteiger partial charge on any atom is -0.370 e. The predicted molar refractivity (Wildman–Crippen MR) is 110 cm³/mol. The van der Waals surface area contributed by atoms with Crippen molar-refractivity contribution in [3.63, 3.8) is 0 Å². The Morgan fingerprint density at radius 1 is 1.48 bits per heavy atom. The SMILES string of the molecule is CN(C)C(=O)C1c2c(c(CSCCNC(=N)N)nn2C)C2CN1C(=O)N2OS(=O)(=O)O. The molecule has 31 heavy (non-hydrogen) atoms. The number of hydrogen-bond acceptors (Lipinski definition) is 8.